The number of carbonyl (C=O) groups is 1. The largest absolute Gasteiger partial charge is 0.481 e. The molecule has 1 heterocycles. The van der Waals surface area contributed by atoms with E-state index in [0.29, 0.717) is 31.1 Å². The molecule has 2 N–H and O–H groups in total. The Morgan fingerprint density at radius 1 is 1.43 bits per heavy atom. The quantitative estimate of drug-likeness (QED) is 0.629. The van der Waals surface area contributed by atoms with Crippen LogP contribution in [-0.2, 0) is 15.6 Å². The summed E-state index contributed by atoms with van der Waals surface area (Å²) in [6.45, 7) is 1.73. The Kier molecular flexibility index (Phi) is 4.50. The van der Waals surface area contributed by atoms with Gasteiger partial charge in [-0.3, -0.25) is 13.9 Å². The molecule has 6 heteroatoms. The van der Waals surface area contributed by atoms with Crippen LogP contribution in [0.25, 0.3) is 0 Å². The summed E-state index contributed by atoms with van der Waals surface area (Å²) in [5, 5.41) is 17.8. The maximum Gasteiger partial charge on any atom is 0.306 e. The lowest BCUT2D eigenvalue weighted by Crippen LogP contribution is -2.42. The number of aliphatic hydroxyl groups excluding tert-OH is 1. The third kappa shape index (κ3) is 4.17. The van der Waals surface area contributed by atoms with Crippen LogP contribution in [0.3, 0.4) is 0 Å². The first-order valence-electron chi connectivity index (χ1n) is 4.55. The second-order valence-corrected chi connectivity index (χ2v) is 5.10. The molecule has 5 nitrogen and oxygen atoms in total. The maximum atomic E-state index is 11.0. The summed E-state index contributed by atoms with van der Waals surface area (Å²) in [5.41, 5.74) is 0. The molecule has 1 fully saturated rings. The zero-order chi connectivity index (χ0) is 10.6. The predicted octanol–water partition coefficient (Wildman–Crippen LogP) is -1.11. The highest BCUT2D eigenvalue weighted by atomic mass is 32.2. The smallest absolute Gasteiger partial charge is 0.306 e. The standard InChI is InChI=1S/C8H15NO4S/c10-7(5-8(11)12)6-9-1-3-14(13)4-2-9/h7,10H,1-6H2,(H,11,12). The molecule has 1 atom stereocenters. The van der Waals surface area contributed by atoms with Crippen molar-refractivity contribution in [2.24, 2.45) is 0 Å². The molecule has 0 amide bonds. The van der Waals surface area contributed by atoms with Gasteiger partial charge in [-0.25, -0.2) is 0 Å². The predicted molar refractivity (Wildman–Crippen MR) is 52.6 cm³/mol. The van der Waals surface area contributed by atoms with Gasteiger partial charge >= 0.3 is 5.97 Å². The summed E-state index contributed by atoms with van der Waals surface area (Å²) in [6.07, 6.45) is -1.04. The van der Waals surface area contributed by atoms with Gasteiger partial charge in [-0.1, -0.05) is 0 Å². The molecule has 0 bridgehead atoms. The summed E-state index contributed by atoms with van der Waals surface area (Å²) in [7, 11) is -0.726. The van der Waals surface area contributed by atoms with Crippen LogP contribution >= 0.6 is 0 Å². The average molecular weight is 221 g/mol. The van der Waals surface area contributed by atoms with Crippen LogP contribution < -0.4 is 0 Å². The molecule has 14 heavy (non-hydrogen) atoms. The van der Waals surface area contributed by atoms with Crippen molar-refractivity contribution in [3.8, 4) is 0 Å². The first kappa shape index (κ1) is 11.6. The molecule has 0 aromatic rings. The molecule has 0 aromatic carbocycles. The van der Waals surface area contributed by atoms with Crippen LogP contribution in [0.2, 0.25) is 0 Å². The highest BCUT2D eigenvalue weighted by molar-refractivity contribution is 7.85. The summed E-state index contributed by atoms with van der Waals surface area (Å²) in [6, 6.07) is 0. The Morgan fingerprint density at radius 2 is 2.00 bits per heavy atom. The monoisotopic (exact) mass is 221 g/mol. The lowest BCUT2D eigenvalue weighted by molar-refractivity contribution is -0.139. The van der Waals surface area contributed by atoms with E-state index in [4.69, 9.17) is 5.11 Å². The Labute approximate surface area is 85.2 Å². The molecular weight excluding hydrogens is 206 g/mol. The van der Waals surface area contributed by atoms with Gasteiger partial charge < -0.3 is 10.2 Å². The number of aliphatic carboxylic acids is 1. The van der Waals surface area contributed by atoms with E-state index < -0.39 is 22.9 Å². The van der Waals surface area contributed by atoms with Crippen molar-refractivity contribution in [1.82, 2.24) is 4.90 Å². The van der Waals surface area contributed by atoms with Crippen molar-refractivity contribution in [3.05, 3.63) is 0 Å². The molecule has 0 radical (unpaired) electrons. The van der Waals surface area contributed by atoms with Gasteiger partial charge in [0, 0.05) is 41.9 Å². The summed E-state index contributed by atoms with van der Waals surface area (Å²) in [5.74, 6) is 0.262. The fourth-order valence-corrected chi connectivity index (χ4v) is 2.55. The molecule has 1 aliphatic heterocycles. The van der Waals surface area contributed by atoms with E-state index in [1.807, 2.05) is 4.90 Å². The van der Waals surface area contributed by atoms with Crippen molar-refractivity contribution in [2.45, 2.75) is 12.5 Å². The minimum atomic E-state index is -0.988. The first-order chi connectivity index (χ1) is 6.58. The Balaban J connectivity index is 2.23. The van der Waals surface area contributed by atoms with E-state index in [1.165, 1.54) is 0 Å². The minimum Gasteiger partial charge on any atom is -0.481 e. The zero-order valence-corrected chi connectivity index (χ0v) is 8.70. The molecule has 82 valence electrons. The Hall–Kier alpha value is -0.460. The number of carboxylic acid groups (broad SMARTS) is 1. The van der Waals surface area contributed by atoms with E-state index in [2.05, 4.69) is 0 Å². The van der Waals surface area contributed by atoms with Gasteiger partial charge in [-0.15, -0.1) is 0 Å². The molecule has 1 rings (SSSR count). The normalized spacial score (nSPS) is 22.1. The fourth-order valence-electron chi connectivity index (χ4n) is 1.42. The van der Waals surface area contributed by atoms with Crippen LogP contribution in [0.5, 0.6) is 0 Å². The summed E-state index contributed by atoms with van der Waals surface area (Å²) in [4.78, 5) is 12.2. The van der Waals surface area contributed by atoms with Gasteiger partial charge in [0.25, 0.3) is 0 Å². The minimum absolute atomic E-state index is 0.223. The van der Waals surface area contributed by atoms with Crippen molar-refractivity contribution < 1.29 is 19.2 Å². The van der Waals surface area contributed by atoms with Crippen LogP contribution in [0, 0.1) is 0 Å². The summed E-state index contributed by atoms with van der Waals surface area (Å²) < 4.78 is 11.0. The van der Waals surface area contributed by atoms with Crippen molar-refractivity contribution >= 4 is 16.8 Å². The fraction of sp³-hybridized carbons (Fsp3) is 0.875. The molecule has 0 saturated carbocycles. The third-order valence-electron chi connectivity index (χ3n) is 2.15. The lowest BCUT2D eigenvalue weighted by atomic mass is 10.2. The molecule has 1 aliphatic rings. The van der Waals surface area contributed by atoms with Gasteiger partial charge in [-0.05, 0) is 0 Å². The van der Waals surface area contributed by atoms with Crippen molar-refractivity contribution in [2.75, 3.05) is 31.1 Å². The second-order valence-electron chi connectivity index (χ2n) is 3.40. The molecular formula is C8H15NO4S. The molecule has 1 saturated heterocycles. The van der Waals surface area contributed by atoms with Crippen LogP contribution in [0.1, 0.15) is 6.42 Å². The maximum absolute atomic E-state index is 11.0. The zero-order valence-electron chi connectivity index (χ0n) is 7.89. The van der Waals surface area contributed by atoms with E-state index >= 15 is 0 Å². The van der Waals surface area contributed by atoms with Crippen LogP contribution in [-0.4, -0.2) is 62.5 Å². The van der Waals surface area contributed by atoms with E-state index in [0.717, 1.165) is 0 Å². The number of aliphatic hydroxyl groups is 1. The number of nitrogens with zero attached hydrogens (tertiary/aromatic N) is 1. The highest BCUT2D eigenvalue weighted by Gasteiger charge is 2.19. The van der Waals surface area contributed by atoms with Crippen LogP contribution in [0.15, 0.2) is 0 Å². The molecule has 1 unspecified atom stereocenters. The van der Waals surface area contributed by atoms with E-state index in [-0.39, 0.29) is 6.42 Å². The van der Waals surface area contributed by atoms with Gasteiger partial charge in [0.1, 0.15) is 0 Å². The molecule has 0 spiro atoms. The Bertz CT molecular complexity index is 223. The lowest BCUT2D eigenvalue weighted by Gasteiger charge is -2.27. The number of carboxylic acids is 1. The number of hydrogen-bond donors (Lipinski definition) is 2. The number of hydrogen-bond acceptors (Lipinski definition) is 4. The van der Waals surface area contributed by atoms with Gasteiger partial charge in [0.05, 0.1) is 12.5 Å². The molecule has 0 aliphatic carbocycles. The first-order valence-corrected chi connectivity index (χ1v) is 6.04. The van der Waals surface area contributed by atoms with Gasteiger partial charge in [0.15, 0.2) is 0 Å². The Morgan fingerprint density at radius 3 is 2.50 bits per heavy atom. The third-order valence-corrected chi connectivity index (χ3v) is 3.43. The van der Waals surface area contributed by atoms with Crippen molar-refractivity contribution in [3.63, 3.8) is 0 Å². The second kappa shape index (κ2) is 5.43. The van der Waals surface area contributed by atoms with Gasteiger partial charge in [-0.2, -0.15) is 0 Å². The number of rotatable bonds is 4. The summed E-state index contributed by atoms with van der Waals surface area (Å²) >= 11 is 0. The van der Waals surface area contributed by atoms with Crippen molar-refractivity contribution in [1.29, 1.82) is 0 Å². The van der Waals surface area contributed by atoms with E-state index in [9.17, 15) is 14.1 Å². The number of β-amino-alcohol motifs (C(OH)–C–C–N with tert-alkyl or cyclic N) is 1. The topological polar surface area (TPSA) is 77.8 Å². The average Bonchev–Trinajstić information content (AvgIpc) is 2.07. The van der Waals surface area contributed by atoms with Gasteiger partial charge in [0.2, 0.25) is 0 Å². The van der Waals surface area contributed by atoms with Crippen LogP contribution in [0.4, 0.5) is 0 Å². The molecule has 0 aromatic heterocycles. The highest BCUT2D eigenvalue weighted by Crippen LogP contribution is 2.03. The SMILES string of the molecule is O=C(O)CC(O)CN1CCS(=O)CC1. The van der Waals surface area contributed by atoms with E-state index in [1.54, 1.807) is 0 Å².